The molecule has 0 aromatic heterocycles. The molecule has 1 rings (SSSR count). The summed E-state index contributed by atoms with van der Waals surface area (Å²) in [4.78, 5) is 0. The van der Waals surface area contributed by atoms with Gasteiger partial charge in [-0.25, -0.2) is 0 Å². The molecule has 0 spiro atoms. The molecule has 1 nitrogen and oxygen atoms in total. The second-order valence-corrected chi connectivity index (χ2v) is 3.50. The molecule has 0 saturated carbocycles. The molecular formula is C8H7Cl3O. The van der Waals surface area contributed by atoms with Gasteiger partial charge in [0.05, 0.1) is 17.2 Å². The van der Waals surface area contributed by atoms with E-state index < -0.39 is 0 Å². The van der Waals surface area contributed by atoms with Crippen molar-refractivity contribution in [3.8, 4) is 5.75 Å². The summed E-state index contributed by atoms with van der Waals surface area (Å²) in [7, 11) is 1.50. The highest BCUT2D eigenvalue weighted by molar-refractivity contribution is 6.45. The van der Waals surface area contributed by atoms with Crippen molar-refractivity contribution in [3.05, 3.63) is 26.7 Å². The molecule has 0 fully saturated rings. The van der Waals surface area contributed by atoms with Crippen LogP contribution in [0.3, 0.4) is 0 Å². The molecule has 0 aliphatic heterocycles. The van der Waals surface area contributed by atoms with Gasteiger partial charge in [-0.05, 0) is 18.6 Å². The Morgan fingerprint density at radius 2 is 1.75 bits per heavy atom. The van der Waals surface area contributed by atoms with E-state index in [1.54, 1.807) is 6.07 Å². The molecule has 0 radical (unpaired) electrons. The van der Waals surface area contributed by atoms with E-state index in [1.165, 1.54) is 7.11 Å². The third-order valence-electron chi connectivity index (χ3n) is 1.50. The molecule has 1 aromatic rings. The first-order valence-electron chi connectivity index (χ1n) is 3.26. The number of benzene rings is 1. The molecule has 0 aliphatic carbocycles. The predicted molar refractivity (Wildman–Crippen MR) is 52.8 cm³/mol. The topological polar surface area (TPSA) is 9.23 Å². The van der Waals surface area contributed by atoms with E-state index in [0.717, 1.165) is 5.56 Å². The van der Waals surface area contributed by atoms with Gasteiger partial charge in [-0.2, -0.15) is 0 Å². The van der Waals surface area contributed by atoms with E-state index in [9.17, 15) is 0 Å². The summed E-state index contributed by atoms with van der Waals surface area (Å²) >= 11 is 17.6. The number of aryl methyl sites for hydroxylation is 1. The smallest absolute Gasteiger partial charge is 0.157 e. The first-order chi connectivity index (χ1) is 5.57. The molecule has 0 unspecified atom stereocenters. The highest BCUT2D eigenvalue weighted by Crippen LogP contribution is 2.39. The maximum atomic E-state index is 5.86. The van der Waals surface area contributed by atoms with Gasteiger partial charge in [0.2, 0.25) is 0 Å². The van der Waals surface area contributed by atoms with Crippen LogP contribution in [0.1, 0.15) is 5.56 Å². The quantitative estimate of drug-likeness (QED) is 0.657. The van der Waals surface area contributed by atoms with Crippen molar-refractivity contribution in [2.24, 2.45) is 0 Å². The third kappa shape index (κ3) is 1.63. The van der Waals surface area contributed by atoms with Gasteiger partial charge in [-0.3, -0.25) is 0 Å². The van der Waals surface area contributed by atoms with Crippen LogP contribution in [-0.4, -0.2) is 7.11 Å². The Morgan fingerprint density at radius 3 is 2.25 bits per heavy atom. The minimum absolute atomic E-state index is 0.365. The SMILES string of the molecule is COc1c(Cl)cc(C)c(Cl)c1Cl. The third-order valence-corrected chi connectivity index (χ3v) is 2.73. The van der Waals surface area contributed by atoms with Crippen LogP contribution in [0.4, 0.5) is 0 Å². The Morgan fingerprint density at radius 1 is 1.17 bits per heavy atom. The minimum atomic E-state index is 0.365. The fourth-order valence-electron chi connectivity index (χ4n) is 0.884. The van der Waals surface area contributed by atoms with E-state index in [-0.39, 0.29) is 0 Å². The van der Waals surface area contributed by atoms with Crippen LogP contribution in [0.15, 0.2) is 6.07 Å². The van der Waals surface area contributed by atoms with Crippen LogP contribution >= 0.6 is 34.8 Å². The average molecular weight is 226 g/mol. The van der Waals surface area contributed by atoms with Crippen LogP contribution in [0, 0.1) is 6.92 Å². The average Bonchev–Trinajstić information content (AvgIpc) is 2.01. The first kappa shape index (κ1) is 9.97. The van der Waals surface area contributed by atoms with Crippen molar-refractivity contribution in [1.29, 1.82) is 0 Å². The summed E-state index contributed by atoms with van der Waals surface area (Å²) in [5.41, 5.74) is 0.840. The second-order valence-electron chi connectivity index (χ2n) is 2.34. The molecule has 0 N–H and O–H groups in total. The molecule has 0 aliphatic rings. The van der Waals surface area contributed by atoms with Crippen LogP contribution in [0.5, 0.6) is 5.75 Å². The van der Waals surface area contributed by atoms with Gasteiger partial charge in [0, 0.05) is 0 Å². The molecule has 0 heterocycles. The zero-order valence-electron chi connectivity index (χ0n) is 6.62. The first-order valence-corrected chi connectivity index (χ1v) is 4.39. The highest BCUT2D eigenvalue weighted by atomic mass is 35.5. The fraction of sp³-hybridized carbons (Fsp3) is 0.250. The summed E-state index contributed by atoms with van der Waals surface area (Å²) in [5.74, 6) is 0.425. The Hall–Kier alpha value is -0.110. The van der Waals surface area contributed by atoms with E-state index in [0.29, 0.717) is 20.8 Å². The van der Waals surface area contributed by atoms with Gasteiger partial charge in [-0.15, -0.1) is 0 Å². The number of ether oxygens (including phenoxy) is 1. The molecule has 0 saturated heterocycles. The summed E-state index contributed by atoms with van der Waals surface area (Å²) in [6.07, 6.45) is 0. The van der Waals surface area contributed by atoms with Crippen molar-refractivity contribution in [2.75, 3.05) is 7.11 Å². The van der Waals surface area contributed by atoms with Gasteiger partial charge in [0.1, 0.15) is 5.02 Å². The summed E-state index contributed by atoms with van der Waals surface area (Å²) in [6.45, 7) is 1.83. The van der Waals surface area contributed by atoms with Crippen LogP contribution < -0.4 is 4.74 Å². The van der Waals surface area contributed by atoms with Crippen molar-refractivity contribution in [1.82, 2.24) is 0 Å². The largest absolute Gasteiger partial charge is 0.494 e. The van der Waals surface area contributed by atoms with Gasteiger partial charge >= 0.3 is 0 Å². The molecular weight excluding hydrogens is 218 g/mol. The van der Waals surface area contributed by atoms with Crippen molar-refractivity contribution in [3.63, 3.8) is 0 Å². The lowest BCUT2D eigenvalue weighted by Gasteiger charge is -2.08. The van der Waals surface area contributed by atoms with Crippen LogP contribution in [0.25, 0.3) is 0 Å². The molecule has 1 aromatic carbocycles. The van der Waals surface area contributed by atoms with Crippen molar-refractivity contribution in [2.45, 2.75) is 6.92 Å². The van der Waals surface area contributed by atoms with Gasteiger partial charge in [0.25, 0.3) is 0 Å². The lowest BCUT2D eigenvalue weighted by atomic mass is 10.2. The zero-order chi connectivity index (χ0) is 9.30. The lowest BCUT2D eigenvalue weighted by molar-refractivity contribution is 0.415. The van der Waals surface area contributed by atoms with E-state index in [4.69, 9.17) is 39.5 Å². The standard InChI is InChI=1S/C8H7Cl3O/c1-4-3-5(9)8(12-2)7(11)6(4)10/h3H,1-2H3. The number of hydrogen-bond donors (Lipinski definition) is 0. The van der Waals surface area contributed by atoms with E-state index in [1.807, 2.05) is 6.92 Å². The monoisotopic (exact) mass is 224 g/mol. The molecule has 0 atom stereocenters. The van der Waals surface area contributed by atoms with Gasteiger partial charge in [-0.1, -0.05) is 34.8 Å². The van der Waals surface area contributed by atoms with Crippen molar-refractivity contribution >= 4 is 34.8 Å². The Kier molecular flexibility index (Phi) is 3.10. The van der Waals surface area contributed by atoms with Gasteiger partial charge in [0.15, 0.2) is 5.75 Å². The van der Waals surface area contributed by atoms with Crippen molar-refractivity contribution < 1.29 is 4.74 Å². The Labute approximate surface area is 86.2 Å². The maximum Gasteiger partial charge on any atom is 0.157 e. The number of hydrogen-bond acceptors (Lipinski definition) is 1. The lowest BCUT2D eigenvalue weighted by Crippen LogP contribution is -1.88. The molecule has 12 heavy (non-hydrogen) atoms. The fourth-order valence-corrected chi connectivity index (χ4v) is 1.74. The van der Waals surface area contributed by atoms with E-state index >= 15 is 0 Å². The molecule has 4 heteroatoms. The Bertz CT molecular complexity index is 310. The second kappa shape index (κ2) is 3.73. The highest BCUT2D eigenvalue weighted by Gasteiger charge is 2.12. The normalized spacial score (nSPS) is 10.1. The van der Waals surface area contributed by atoms with Crippen LogP contribution in [0.2, 0.25) is 15.1 Å². The predicted octanol–water partition coefficient (Wildman–Crippen LogP) is 3.96. The molecule has 0 amide bonds. The Balaban J connectivity index is 3.40. The minimum Gasteiger partial charge on any atom is -0.494 e. The zero-order valence-corrected chi connectivity index (χ0v) is 8.89. The number of methoxy groups -OCH3 is 1. The number of rotatable bonds is 1. The summed E-state index contributed by atoms with van der Waals surface area (Å²) in [6, 6.07) is 1.72. The summed E-state index contributed by atoms with van der Waals surface area (Å²) in [5, 5.41) is 1.33. The van der Waals surface area contributed by atoms with E-state index in [2.05, 4.69) is 0 Å². The number of halogens is 3. The van der Waals surface area contributed by atoms with Crippen LogP contribution in [-0.2, 0) is 0 Å². The molecule has 66 valence electrons. The molecule has 0 bridgehead atoms. The van der Waals surface area contributed by atoms with Gasteiger partial charge < -0.3 is 4.74 Å². The summed E-state index contributed by atoms with van der Waals surface area (Å²) < 4.78 is 4.96. The maximum absolute atomic E-state index is 5.86.